The van der Waals surface area contributed by atoms with E-state index in [2.05, 4.69) is 29.2 Å². The SMILES string of the molecule is CCOC(=O)[C@@H]1CCCN(c2cc(NCC(C)C)c3c4c(onc24)-c2ccccc2C3=O)C1. The van der Waals surface area contributed by atoms with Gasteiger partial charge in [-0.15, -0.1) is 0 Å². The zero-order valence-corrected chi connectivity index (χ0v) is 19.3. The molecule has 2 heterocycles. The van der Waals surface area contributed by atoms with Crippen LogP contribution in [-0.4, -0.2) is 43.2 Å². The molecular weight excluding hydrogens is 418 g/mol. The molecule has 1 atom stereocenters. The molecule has 2 aliphatic rings. The Hall–Kier alpha value is -3.35. The van der Waals surface area contributed by atoms with Crippen molar-refractivity contribution in [1.29, 1.82) is 0 Å². The lowest BCUT2D eigenvalue weighted by Gasteiger charge is -2.34. The van der Waals surface area contributed by atoms with Crippen LogP contribution in [0, 0.1) is 11.8 Å². The van der Waals surface area contributed by atoms with E-state index in [-0.39, 0.29) is 17.7 Å². The molecule has 0 radical (unpaired) electrons. The van der Waals surface area contributed by atoms with Crippen LogP contribution in [0.5, 0.6) is 0 Å². The van der Waals surface area contributed by atoms with Crippen molar-refractivity contribution in [2.75, 3.05) is 36.5 Å². The van der Waals surface area contributed by atoms with Crippen LogP contribution in [0.25, 0.3) is 22.2 Å². The summed E-state index contributed by atoms with van der Waals surface area (Å²) in [5.41, 5.74) is 4.35. The third-order valence-electron chi connectivity index (χ3n) is 6.46. The van der Waals surface area contributed by atoms with Crippen LogP contribution in [0.4, 0.5) is 11.4 Å². The Kier molecular flexibility index (Phi) is 5.56. The van der Waals surface area contributed by atoms with E-state index >= 15 is 0 Å². The van der Waals surface area contributed by atoms with E-state index in [1.165, 1.54) is 0 Å². The van der Waals surface area contributed by atoms with Gasteiger partial charge in [0.25, 0.3) is 0 Å². The lowest BCUT2D eigenvalue weighted by molar-refractivity contribution is -0.148. The van der Waals surface area contributed by atoms with Crippen molar-refractivity contribution in [1.82, 2.24) is 5.16 Å². The highest BCUT2D eigenvalue weighted by molar-refractivity contribution is 6.28. The van der Waals surface area contributed by atoms with Gasteiger partial charge in [0, 0.05) is 36.4 Å². The Balaban J connectivity index is 1.65. The summed E-state index contributed by atoms with van der Waals surface area (Å²) in [4.78, 5) is 28.2. The predicted molar refractivity (Wildman–Crippen MR) is 128 cm³/mol. The van der Waals surface area contributed by atoms with Crippen LogP contribution in [0.15, 0.2) is 34.9 Å². The number of piperidine rings is 1. The van der Waals surface area contributed by atoms with Crippen LogP contribution in [-0.2, 0) is 9.53 Å². The number of ketones is 1. The molecule has 0 bridgehead atoms. The monoisotopic (exact) mass is 447 g/mol. The summed E-state index contributed by atoms with van der Waals surface area (Å²) in [6.07, 6.45) is 1.69. The van der Waals surface area contributed by atoms with Crippen molar-refractivity contribution in [3.8, 4) is 11.3 Å². The lowest BCUT2D eigenvalue weighted by atomic mass is 9.86. The fraction of sp³-hybridized carbons (Fsp3) is 0.423. The van der Waals surface area contributed by atoms with Crippen molar-refractivity contribution in [3.05, 3.63) is 41.5 Å². The first-order chi connectivity index (χ1) is 16.0. The van der Waals surface area contributed by atoms with Gasteiger partial charge in [-0.2, -0.15) is 0 Å². The topological polar surface area (TPSA) is 84.7 Å². The van der Waals surface area contributed by atoms with Gasteiger partial charge in [0.1, 0.15) is 5.52 Å². The van der Waals surface area contributed by atoms with Crippen LogP contribution in [0.1, 0.15) is 49.5 Å². The van der Waals surface area contributed by atoms with Crippen molar-refractivity contribution >= 4 is 34.0 Å². The van der Waals surface area contributed by atoms with Crippen molar-refractivity contribution in [3.63, 3.8) is 0 Å². The third kappa shape index (κ3) is 3.65. The summed E-state index contributed by atoms with van der Waals surface area (Å²) in [6, 6.07) is 9.52. The van der Waals surface area contributed by atoms with E-state index < -0.39 is 0 Å². The molecule has 1 aliphatic heterocycles. The fourth-order valence-electron chi connectivity index (χ4n) is 4.89. The molecule has 1 saturated heterocycles. The molecule has 7 nitrogen and oxygen atoms in total. The van der Waals surface area contributed by atoms with Gasteiger partial charge >= 0.3 is 5.97 Å². The summed E-state index contributed by atoms with van der Waals surface area (Å²) in [5.74, 6) is 0.685. The summed E-state index contributed by atoms with van der Waals surface area (Å²) in [7, 11) is 0. The number of nitrogens with one attached hydrogen (secondary N) is 1. The van der Waals surface area contributed by atoms with E-state index in [1.807, 2.05) is 37.3 Å². The molecule has 1 aromatic heterocycles. The Morgan fingerprint density at radius 1 is 1.30 bits per heavy atom. The minimum Gasteiger partial charge on any atom is -0.466 e. The van der Waals surface area contributed by atoms with Crippen molar-refractivity contribution in [2.45, 2.75) is 33.6 Å². The van der Waals surface area contributed by atoms with Gasteiger partial charge in [-0.05, 0) is 31.7 Å². The maximum Gasteiger partial charge on any atom is 0.310 e. The second-order valence-electron chi connectivity index (χ2n) is 9.24. The summed E-state index contributed by atoms with van der Waals surface area (Å²) in [5, 5.41) is 8.67. The van der Waals surface area contributed by atoms with Gasteiger partial charge in [0.15, 0.2) is 11.5 Å². The number of benzene rings is 2. The molecule has 5 rings (SSSR count). The van der Waals surface area contributed by atoms with Crippen LogP contribution >= 0.6 is 0 Å². The van der Waals surface area contributed by atoms with E-state index in [0.29, 0.717) is 41.5 Å². The zero-order valence-electron chi connectivity index (χ0n) is 19.3. The molecule has 33 heavy (non-hydrogen) atoms. The second-order valence-corrected chi connectivity index (χ2v) is 9.24. The number of carbonyl (C=O) groups excluding carboxylic acids is 2. The largest absolute Gasteiger partial charge is 0.466 e. The van der Waals surface area contributed by atoms with E-state index in [4.69, 9.17) is 9.26 Å². The maximum atomic E-state index is 13.6. The average molecular weight is 448 g/mol. The number of aromatic nitrogens is 1. The minimum absolute atomic E-state index is 0.0212. The molecular formula is C26H29N3O4. The lowest BCUT2D eigenvalue weighted by Crippen LogP contribution is -2.39. The highest BCUT2D eigenvalue weighted by atomic mass is 16.5. The average Bonchev–Trinajstić information content (AvgIpc) is 3.26. The Bertz CT molecular complexity index is 1230. The molecule has 1 aliphatic carbocycles. The fourth-order valence-corrected chi connectivity index (χ4v) is 4.89. The van der Waals surface area contributed by atoms with Gasteiger partial charge < -0.3 is 19.5 Å². The smallest absolute Gasteiger partial charge is 0.310 e. The molecule has 0 amide bonds. The molecule has 0 unspecified atom stereocenters. The number of anilines is 2. The molecule has 1 N–H and O–H groups in total. The van der Waals surface area contributed by atoms with Crippen LogP contribution < -0.4 is 10.2 Å². The zero-order chi connectivity index (χ0) is 23.1. The van der Waals surface area contributed by atoms with E-state index in [9.17, 15) is 9.59 Å². The van der Waals surface area contributed by atoms with Gasteiger partial charge in [0.2, 0.25) is 0 Å². The minimum atomic E-state index is -0.179. The molecule has 172 valence electrons. The van der Waals surface area contributed by atoms with Gasteiger partial charge in [-0.3, -0.25) is 9.59 Å². The quantitative estimate of drug-likeness (QED) is 0.421. The highest BCUT2D eigenvalue weighted by Gasteiger charge is 2.35. The number of rotatable bonds is 6. The van der Waals surface area contributed by atoms with Crippen molar-refractivity contribution < 1.29 is 18.8 Å². The molecule has 7 heteroatoms. The Morgan fingerprint density at radius 3 is 2.85 bits per heavy atom. The number of hydrogen-bond donors (Lipinski definition) is 1. The maximum absolute atomic E-state index is 13.6. The summed E-state index contributed by atoms with van der Waals surface area (Å²) >= 11 is 0. The highest BCUT2D eigenvalue weighted by Crippen LogP contribution is 2.46. The van der Waals surface area contributed by atoms with Gasteiger partial charge in [-0.25, -0.2) is 0 Å². The molecule has 0 spiro atoms. The number of hydrogen-bond acceptors (Lipinski definition) is 7. The molecule has 3 aromatic rings. The molecule has 2 aromatic carbocycles. The van der Waals surface area contributed by atoms with E-state index in [1.54, 1.807) is 0 Å². The van der Waals surface area contributed by atoms with Crippen LogP contribution in [0.2, 0.25) is 0 Å². The molecule has 0 saturated carbocycles. The van der Waals surface area contributed by atoms with Gasteiger partial charge in [-0.1, -0.05) is 43.3 Å². The number of fused-ring (bicyclic) bond motifs is 2. The summed E-state index contributed by atoms with van der Waals surface area (Å²) in [6.45, 7) is 8.58. The van der Waals surface area contributed by atoms with Crippen molar-refractivity contribution in [2.24, 2.45) is 11.8 Å². The number of carbonyl (C=O) groups is 2. The first-order valence-electron chi connectivity index (χ1n) is 11.8. The Morgan fingerprint density at radius 2 is 2.09 bits per heavy atom. The number of esters is 1. The van der Waals surface area contributed by atoms with E-state index in [0.717, 1.165) is 48.3 Å². The van der Waals surface area contributed by atoms with Gasteiger partial charge in [0.05, 0.1) is 29.2 Å². The second kappa shape index (κ2) is 8.54. The Labute approximate surface area is 193 Å². The summed E-state index contributed by atoms with van der Waals surface area (Å²) < 4.78 is 11.1. The first-order valence-corrected chi connectivity index (χ1v) is 11.8. The van der Waals surface area contributed by atoms with Crippen LogP contribution in [0.3, 0.4) is 0 Å². The molecule has 1 fully saturated rings. The first kappa shape index (κ1) is 21.5. The number of nitrogens with zero attached hydrogens (tertiary/aromatic N) is 2. The predicted octanol–water partition coefficient (Wildman–Crippen LogP) is 4.89. The third-order valence-corrected chi connectivity index (χ3v) is 6.46. The number of ether oxygens (including phenoxy) is 1. The standard InChI is InChI=1S/C26H29N3O4/c1-4-32-26(31)16-8-7-11-29(14-16)20-12-19(27-13-15(2)3)21-22-23(20)28-33-25(22)18-10-6-5-9-17(18)24(21)30/h5-6,9-10,12,15-16,27H,4,7-8,11,13-14H2,1-3H3/t16-/m1/s1. The normalized spacial score (nSPS) is 17.4.